The number of aryl methyl sites for hydroxylation is 1. The largest absolute Gasteiger partial charge is 0.511 e. The van der Waals surface area contributed by atoms with E-state index in [1.54, 1.807) is 4.57 Å². The summed E-state index contributed by atoms with van der Waals surface area (Å²) in [6, 6.07) is 15.6. The van der Waals surface area contributed by atoms with Crippen molar-refractivity contribution in [3.63, 3.8) is 0 Å². The van der Waals surface area contributed by atoms with E-state index >= 15 is 0 Å². The number of benzene rings is 2. The summed E-state index contributed by atoms with van der Waals surface area (Å²) in [4.78, 5) is 42.1. The van der Waals surface area contributed by atoms with E-state index in [0.717, 1.165) is 35.1 Å². The zero-order valence-electron chi connectivity index (χ0n) is 27.4. The molecule has 2 aromatic carbocycles. The number of unbranched alkanes of at least 4 members (excludes halogenated alkanes) is 1. The topological polar surface area (TPSA) is 188 Å². The minimum atomic E-state index is -1.34. The highest BCUT2D eigenvalue weighted by Gasteiger charge is 2.51. The summed E-state index contributed by atoms with van der Waals surface area (Å²) in [5.74, 6) is 0.269. The molecule has 50 heavy (non-hydrogen) atoms. The van der Waals surface area contributed by atoms with E-state index in [2.05, 4.69) is 37.3 Å². The van der Waals surface area contributed by atoms with Gasteiger partial charge in [-0.05, 0) is 28.3 Å². The summed E-state index contributed by atoms with van der Waals surface area (Å²) in [5.41, 5.74) is 3.60. The summed E-state index contributed by atoms with van der Waals surface area (Å²) in [6.07, 6.45) is -3.89. The van der Waals surface area contributed by atoms with Crippen molar-refractivity contribution in [2.24, 2.45) is 0 Å². The second-order valence-electron chi connectivity index (χ2n) is 11.5. The minimum absolute atomic E-state index is 0.0126. The number of carbonyl (C=O) groups excluding carboxylic acids is 3. The summed E-state index contributed by atoms with van der Waals surface area (Å²) in [6.45, 7) is 3.73. The molecule has 2 fully saturated rings. The molecule has 264 valence electrons. The molecule has 2 saturated heterocycles. The molecule has 0 radical (unpaired) electrons. The average molecular weight is 711 g/mol. The maximum absolute atomic E-state index is 13.5. The number of imidazole rings is 1. The molecule has 0 spiro atoms. The number of carbonyl (C=O) groups is 3. The van der Waals surface area contributed by atoms with Crippen molar-refractivity contribution in [2.75, 3.05) is 20.3 Å². The first kappa shape index (κ1) is 34.8. The molecule has 2 aliphatic heterocycles. The van der Waals surface area contributed by atoms with Crippen LogP contribution >= 0.6 is 11.6 Å². The number of nitrogens with one attached hydrogen (secondary N) is 1. The Hall–Kier alpha value is -5.06. The SMILES string of the molecule is CCCCc1nc(Cl)c(C(=O)OC(C)OC(=O)O[C@H]2CO[C@H]3[C@@H]2OC[C@H]3OC(=O)OC)n1Cc1ccc(-c2ccccc2-c2nn[nH]n2)cc1. The fourth-order valence-corrected chi connectivity index (χ4v) is 6.13. The Morgan fingerprint density at radius 2 is 1.66 bits per heavy atom. The van der Waals surface area contributed by atoms with E-state index in [9.17, 15) is 14.4 Å². The van der Waals surface area contributed by atoms with Crippen molar-refractivity contribution in [3.05, 3.63) is 70.8 Å². The Labute approximate surface area is 291 Å². The lowest BCUT2D eigenvalue weighted by molar-refractivity contribution is -0.0992. The molecule has 4 aromatic rings. The summed E-state index contributed by atoms with van der Waals surface area (Å²) < 4.78 is 38.7. The maximum atomic E-state index is 13.5. The molecule has 0 aliphatic carbocycles. The Morgan fingerprint density at radius 1 is 0.980 bits per heavy atom. The Bertz CT molecular complexity index is 1800. The number of aromatic nitrogens is 6. The Morgan fingerprint density at radius 3 is 2.30 bits per heavy atom. The highest BCUT2D eigenvalue weighted by atomic mass is 35.5. The van der Waals surface area contributed by atoms with Gasteiger partial charge in [0.25, 0.3) is 0 Å². The normalized spacial score (nSPS) is 20.2. The molecule has 0 amide bonds. The number of esters is 1. The quantitative estimate of drug-likeness (QED) is 0.120. The van der Waals surface area contributed by atoms with Crippen LogP contribution in [0.2, 0.25) is 5.15 Å². The van der Waals surface area contributed by atoms with E-state index in [1.165, 1.54) is 14.0 Å². The van der Waals surface area contributed by atoms with Gasteiger partial charge in [-0.1, -0.05) is 73.5 Å². The van der Waals surface area contributed by atoms with Gasteiger partial charge in [-0.25, -0.2) is 19.4 Å². The van der Waals surface area contributed by atoms with Crippen LogP contribution in [0.25, 0.3) is 22.5 Å². The van der Waals surface area contributed by atoms with Crippen LogP contribution in [0.15, 0.2) is 48.5 Å². The van der Waals surface area contributed by atoms with E-state index in [0.29, 0.717) is 18.1 Å². The number of fused-ring (bicyclic) bond motifs is 1. The number of hydrogen-bond donors (Lipinski definition) is 1. The molecule has 2 aromatic heterocycles. The van der Waals surface area contributed by atoms with Crippen LogP contribution in [-0.4, -0.2) is 99.5 Å². The first-order valence-corrected chi connectivity index (χ1v) is 16.4. The highest BCUT2D eigenvalue weighted by Crippen LogP contribution is 2.32. The molecule has 6 rings (SSSR count). The van der Waals surface area contributed by atoms with Gasteiger partial charge in [-0.3, -0.25) is 0 Å². The number of halogens is 1. The number of tetrazole rings is 1. The van der Waals surface area contributed by atoms with E-state index < -0.39 is 49.0 Å². The predicted octanol–water partition coefficient (Wildman–Crippen LogP) is 4.75. The number of aromatic amines is 1. The number of ether oxygens (including phenoxy) is 7. The predicted molar refractivity (Wildman–Crippen MR) is 173 cm³/mol. The molecule has 2 aliphatic rings. The lowest BCUT2D eigenvalue weighted by Crippen LogP contribution is -2.36. The zero-order valence-corrected chi connectivity index (χ0v) is 28.2. The fraction of sp³-hybridized carbons (Fsp3) is 0.424. The molecule has 1 unspecified atom stereocenters. The Balaban J connectivity index is 1.11. The molecule has 16 nitrogen and oxygen atoms in total. The van der Waals surface area contributed by atoms with Gasteiger partial charge >= 0.3 is 18.3 Å². The van der Waals surface area contributed by atoms with Crippen LogP contribution in [0.4, 0.5) is 9.59 Å². The van der Waals surface area contributed by atoms with Crippen molar-refractivity contribution in [3.8, 4) is 22.5 Å². The number of nitrogens with zero attached hydrogens (tertiary/aromatic N) is 5. The molecular formula is C33H35ClN6O10. The summed E-state index contributed by atoms with van der Waals surface area (Å²) >= 11 is 6.52. The third-order valence-electron chi connectivity index (χ3n) is 8.23. The molecule has 0 saturated carbocycles. The third-order valence-corrected chi connectivity index (χ3v) is 8.49. The average Bonchev–Trinajstić information content (AvgIpc) is 3.91. The highest BCUT2D eigenvalue weighted by molar-refractivity contribution is 6.32. The van der Waals surface area contributed by atoms with Gasteiger partial charge in [0.15, 0.2) is 23.1 Å². The number of hydrogen-bond acceptors (Lipinski definition) is 14. The smallest absolute Gasteiger partial charge is 0.438 e. The van der Waals surface area contributed by atoms with Gasteiger partial charge < -0.3 is 37.7 Å². The van der Waals surface area contributed by atoms with Gasteiger partial charge in [0.1, 0.15) is 18.0 Å². The summed E-state index contributed by atoms with van der Waals surface area (Å²) in [5, 5.41) is 14.4. The van der Waals surface area contributed by atoms with Crippen LogP contribution in [0, 0.1) is 0 Å². The second-order valence-corrected chi connectivity index (χ2v) is 11.9. The van der Waals surface area contributed by atoms with Crippen LogP contribution in [-0.2, 0) is 46.1 Å². The first-order valence-electron chi connectivity index (χ1n) is 16.0. The van der Waals surface area contributed by atoms with Crippen molar-refractivity contribution in [1.82, 2.24) is 30.2 Å². The van der Waals surface area contributed by atoms with E-state index in [-0.39, 0.29) is 30.6 Å². The molecule has 1 N–H and O–H groups in total. The maximum Gasteiger partial charge on any atom is 0.511 e. The van der Waals surface area contributed by atoms with E-state index in [1.807, 2.05) is 48.5 Å². The lowest BCUT2D eigenvalue weighted by atomic mass is 9.98. The van der Waals surface area contributed by atoms with Gasteiger partial charge in [0, 0.05) is 25.5 Å². The van der Waals surface area contributed by atoms with Crippen molar-refractivity contribution in [2.45, 2.75) is 70.4 Å². The monoisotopic (exact) mass is 710 g/mol. The molecule has 0 bridgehead atoms. The summed E-state index contributed by atoms with van der Waals surface area (Å²) in [7, 11) is 1.19. The molecule has 17 heteroatoms. The third kappa shape index (κ3) is 7.72. The van der Waals surface area contributed by atoms with Gasteiger partial charge in [-0.2, -0.15) is 5.21 Å². The van der Waals surface area contributed by atoms with Crippen molar-refractivity contribution >= 4 is 29.9 Å². The molecule has 4 heterocycles. The van der Waals surface area contributed by atoms with Crippen molar-refractivity contribution < 1.29 is 47.5 Å². The van der Waals surface area contributed by atoms with Crippen molar-refractivity contribution in [1.29, 1.82) is 0 Å². The number of rotatable bonds is 12. The van der Waals surface area contributed by atoms with Gasteiger partial charge in [0.05, 0.1) is 20.3 Å². The van der Waals surface area contributed by atoms with Crippen LogP contribution in [0.3, 0.4) is 0 Å². The first-order chi connectivity index (χ1) is 24.2. The van der Waals surface area contributed by atoms with Gasteiger partial charge in [-0.15, -0.1) is 10.2 Å². The van der Waals surface area contributed by atoms with Crippen LogP contribution in [0.5, 0.6) is 0 Å². The fourth-order valence-electron chi connectivity index (χ4n) is 5.86. The second kappa shape index (κ2) is 15.7. The lowest BCUT2D eigenvalue weighted by Gasteiger charge is -2.19. The van der Waals surface area contributed by atoms with Gasteiger partial charge in [0.2, 0.25) is 12.1 Å². The minimum Gasteiger partial charge on any atom is -0.438 e. The zero-order chi connectivity index (χ0) is 35.2. The van der Waals surface area contributed by atoms with E-state index in [4.69, 9.17) is 40.0 Å². The van der Waals surface area contributed by atoms with Crippen LogP contribution in [0.1, 0.15) is 48.6 Å². The number of H-pyrrole nitrogens is 1. The molecular weight excluding hydrogens is 676 g/mol. The number of methoxy groups -OCH3 is 1. The Kier molecular flexibility index (Phi) is 10.9. The standard InChI is InChI=1S/C33H35ClN6O10/c1-4-5-10-25-35-29(34)26(40(25)15-19-11-13-20(14-12-19)21-8-6-7-9-22(21)30-36-38-39-37-30)31(41)47-18(2)48-33(43)50-24-17-46-27-23(16-45-28(24)27)49-32(42)44-3/h6-9,11-14,18,23-24,27-28H,4-5,10,15-17H2,1-3H3,(H,36,37,38,39)/t18?,23-,24+,27-,28-/m1/s1. The molecule has 5 atom stereocenters. The van der Waals surface area contributed by atoms with Crippen LogP contribution < -0.4 is 0 Å².